The van der Waals surface area contributed by atoms with Crippen molar-refractivity contribution in [1.82, 2.24) is 10.3 Å². The molecular weight excluding hydrogens is 211 g/mol. The van der Waals surface area contributed by atoms with E-state index in [1.807, 2.05) is 0 Å². The molecule has 4 nitrogen and oxygen atoms in total. The Labute approximate surface area is 93.5 Å². The Morgan fingerprint density at radius 1 is 1.69 bits per heavy atom. The summed E-state index contributed by atoms with van der Waals surface area (Å²) in [6.45, 7) is 2.16. The lowest BCUT2D eigenvalue weighted by atomic mass is 10.2. The summed E-state index contributed by atoms with van der Waals surface area (Å²) in [5.74, 6) is -0.997. The second-order valence-corrected chi connectivity index (χ2v) is 3.61. The van der Waals surface area contributed by atoms with Gasteiger partial charge in [0.15, 0.2) is 0 Å². The van der Waals surface area contributed by atoms with E-state index in [-0.39, 0.29) is 17.6 Å². The van der Waals surface area contributed by atoms with Crippen LogP contribution >= 0.6 is 0 Å². The summed E-state index contributed by atoms with van der Waals surface area (Å²) in [4.78, 5) is 14.8. The predicted molar refractivity (Wildman–Crippen MR) is 57.4 cm³/mol. The summed E-state index contributed by atoms with van der Waals surface area (Å²) in [6, 6.07) is 2.54. The van der Waals surface area contributed by atoms with Crippen LogP contribution in [-0.2, 0) is 0 Å². The van der Waals surface area contributed by atoms with Crippen molar-refractivity contribution in [3.05, 3.63) is 29.8 Å². The normalized spacial score (nSPS) is 12.2. The molecule has 0 radical (unpaired) electrons. The average Bonchev–Trinajstić information content (AvgIpc) is 2.24. The van der Waals surface area contributed by atoms with Gasteiger partial charge in [-0.3, -0.25) is 4.79 Å². The minimum absolute atomic E-state index is 0.254. The molecule has 0 fully saturated rings. The van der Waals surface area contributed by atoms with E-state index in [1.54, 1.807) is 6.92 Å². The average molecular weight is 226 g/mol. The molecule has 2 N–H and O–H groups in total. The van der Waals surface area contributed by atoms with Gasteiger partial charge in [0.05, 0.1) is 6.10 Å². The highest BCUT2D eigenvalue weighted by atomic mass is 19.1. The third kappa shape index (κ3) is 4.35. The quantitative estimate of drug-likeness (QED) is 0.584. The van der Waals surface area contributed by atoms with Gasteiger partial charge in [-0.2, -0.15) is 4.39 Å². The number of aromatic nitrogens is 1. The van der Waals surface area contributed by atoms with Crippen LogP contribution in [0.1, 0.15) is 30.1 Å². The van der Waals surface area contributed by atoms with Crippen LogP contribution in [-0.4, -0.2) is 28.6 Å². The number of amides is 1. The Morgan fingerprint density at radius 2 is 2.44 bits per heavy atom. The monoisotopic (exact) mass is 226 g/mol. The number of halogens is 1. The molecule has 1 aromatic rings. The topological polar surface area (TPSA) is 62.2 Å². The van der Waals surface area contributed by atoms with E-state index in [1.165, 1.54) is 12.3 Å². The van der Waals surface area contributed by atoms with Crippen LogP contribution in [0.25, 0.3) is 0 Å². The van der Waals surface area contributed by atoms with Crippen LogP contribution in [0.4, 0.5) is 4.39 Å². The van der Waals surface area contributed by atoms with Crippen molar-refractivity contribution in [1.29, 1.82) is 0 Å². The number of rotatable bonds is 5. The van der Waals surface area contributed by atoms with Gasteiger partial charge in [-0.1, -0.05) is 0 Å². The van der Waals surface area contributed by atoms with Crippen LogP contribution in [0.15, 0.2) is 18.3 Å². The molecule has 1 rings (SSSR count). The molecule has 0 aliphatic carbocycles. The molecule has 5 heteroatoms. The van der Waals surface area contributed by atoms with E-state index in [2.05, 4.69) is 10.3 Å². The minimum atomic E-state index is -0.670. The Balaban J connectivity index is 2.35. The van der Waals surface area contributed by atoms with E-state index < -0.39 is 5.95 Å². The maximum Gasteiger partial charge on any atom is 0.251 e. The first-order chi connectivity index (χ1) is 7.59. The summed E-state index contributed by atoms with van der Waals surface area (Å²) in [5.41, 5.74) is 0.254. The first kappa shape index (κ1) is 12.6. The number of aliphatic hydroxyl groups excluding tert-OH is 1. The molecule has 0 spiro atoms. The summed E-state index contributed by atoms with van der Waals surface area (Å²) >= 11 is 0. The summed E-state index contributed by atoms with van der Waals surface area (Å²) < 4.78 is 12.7. The molecule has 88 valence electrons. The van der Waals surface area contributed by atoms with Gasteiger partial charge in [-0.15, -0.1) is 0 Å². The maximum absolute atomic E-state index is 12.7. The molecule has 1 heterocycles. The Morgan fingerprint density at radius 3 is 3.06 bits per heavy atom. The fourth-order valence-electron chi connectivity index (χ4n) is 1.25. The first-order valence-electron chi connectivity index (χ1n) is 5.17. The molecule has 0 saturated carbocycles. The van der Waals surface area contributed by atoms with Gasteiger partial charge in [0.25, 0.3) is 5.91 Å². The van der Waals surface area contributed by atoms with Gasteiger partial charge < -0.3 is 10.4 Å². The minimum Gasteiger partial charge on any atom is -0.393 e. The van der Waals surface area contributed by atoms with Crippen molar-refractivity contribution in [3.63, 3.8) is 0 Å². The smallest absolute Gasteiger partial charge is 0.251 e. The second-order valence-electron chi connectivity index (χ2n) is 3.61. The second kappa shape index (κ2) is 6.17. The zero-order valence-corrected chi connectivity index (χ0v) is 9.11. The standard InChI is InChI=1S/C11H15FN2O2/c1-8(15)3-2-5-14-11(16)9-4-6-13-10(12)7-9/h4,6-8,15H,2-3,5H2,1H3,(H,14,16). The molecular formula is C11H15FN2O2. The number of nitrogens with zero attached hydrogens (tertiary/aromatic N) is 1. The molecule has 0 aromatic carbocycles. The SMILES string of the molecule is CC(O)CCCNC(=O)c1ccnc(F)c1. The van der Waals surface area contributed by atoms with Crippen molar-refractivity contribution < 1.29 is 14.3 Å². The zero-order valence-electron chi connectivity index (χ0n) is 9.11. The van der Waals surface area contributed by atoms with Crippen molar-refractivity contribution in [2.24, 2.45) is 0 Å². The highest BCUT2D eigenvalue weighted by Crippen LogP contribution is 2.00. The van der Waals surface area contributed by atoms with Gasteiger partial charge in [-0.05, 0) is 25.8 Å². The summed E-state index contributed by atoms with van der Waals surface area (Å²) in [5, 5.41) is 11.6. The lowest BCUT2D eigenvalue weighted by Gasteiger charge is -2.06. The number of nitrogens with one attached hydrogen (secondary N) is 1. The van der Waals surface area contributed by atoms with Crippen molar-refractivity contribution in [2.75, 3.05) is 6.54 Å². The molecule has 0 saturated heterocycles. The molecule has 1 unspecified atom stereocenters. The molecule has 16 heavy (non-hydrogen) atoms. The zero-order chi connectivity index (χ0) is 12.0. The Hall–Kier alpha value is -1.49. The summed E-state index contributed by atoms with van der Waals surface area (Å²) in [7, 11) is 0. The Bertz CT molecular complexity index is 356. The number of aliphatic hydroxyl groups is 1. The largest absolute Gasteiger partial charge is 0.393 e. The third-order valence-corrected chi connectivity index (χ3v) is 2.07. The van der Waals surface area contributed by atoms with Crippen LogP contribution in [0.3, 0.4) is 0 Å². The number of hydrogen-bond acceptors (Lipinski definition) is 3. The van der Waals surface area contributed by atoms with Gasteiger partial charge in [-0.25, -0.2) is 4.98 Å². The van der Waals surface area contributed by atoms with Crippen molar-refractivity contribution in [2.45, 2.75) is 25.9 Å². The van der Waals surface area contributed by atoms with Crippen LogP contribution < -0.4 is 5.32 Å². The number of carbonyl (C=O) groups is 1. The van der Waals surface area contributed by atoms with E-state index in [0.29, 0.717) is 19.4 Å². The molecule has 0 aliphatic heterocycles. The van der Waals surface area contributed by atoms with E-state index in [9.17, 15) is 9.18 Å². The first-order valence-corrected chi connectivity index (χ1v) is 5.17. The van der Waals surface area contributed by atoms with Gasteiger partial charge >= 0.3 is 0 Å². The van der Waals surface area contributed by atoms with Crippen molar-refractivity contribution in [3.8, 4) is 0 Å². The molecule has 1 amide bonds. The van der Waals surface area contributed by atoms with Gasteiger partial charge in [0, 0.05) is 24.4 Å². The molecule has 1 atom stereocenters. The van der Waals surface area contributed by atoms with Gasteiger partial charge in [0.2, 0.25) is 5.95 Å². The van der Waals surface area contributed by atoms with Crippen LogP contribution in [0.2, 0.25) is 0 Å². The molecule has 1 aromatic heterocycles. The highest BCUT2D eigenvalue weighted by Gasteiger charge is 2.06. The van der Waals surface area contributed by atoms with E-state index in [0.717, 1.165) is 6.07 Å². The lowest BCUT2D eigenvalue weighted by Crippen LogP contribution is -2.25. The number of hydrogen-bond donors (Lipinski definition) is 2. The Kier molecular flexibility index (Phi) is 4.85. The number of carbonyl (C=O) groups excluding carboxylic acids is 1. The summed E-state index contributed by atoms with van der Waals surface area (Å²) in [6.07, 6.45) is 2.21. The van der Waals surface area contributed by atoms with Crippen LogP contribution in [0.5, 0.6) is 0 Å². The predicted octanol–water partition coefficient (Wildman–Crippen LogP) is 1.11. The lowest BCUT2D eigenvalue weighted by molar-refractivity contribution is 0.0949. The fourth-order valence-corrected chi connectivity index (χ4v) is 1.25. The third-order valence-electron chi connectivity index (χ3n) is 2.07. The van der Waals surface area contributed by atoms with E-state index in [4.69, 9.17) is 5.11 Å². The maximum atomic E-state index is 12.7. The van der Waals surface area contributed by atoms with Gasteiger partial charge in [0.1, 0.15) is 0 Å². The number of pyridine rings is 1. The van der Waals surface area contributed by atoms with Crippen molar-refractivity contribution >= 4 is 5.91 Å². The molecule has 0 aliphatic rings. The van der Waals surface area contributed by atoms with Crippen LogP contribution in [0, 0.1) is 5.95 Å². The highest BCUT2D eigenvalue weighted by molar-refractivity contribution is 5.93. The molecule has 0 bridgehead atoms. The van der Waals surface area contributed by atoms with E-state index >= 15 is 0 Å². The fraction of sp³-hybridized carbons (Fsp3) is 0.455.